The first-order valence-electron chi connectivity index (χ1n) is 2.64. The van der Waals surface area contributed by atoms with E-state index in [1.54, 1.807) is 0 Å². The second-order valence-electron chi connectivity index (χ2n) is 2.01. The maximum Gasteiger partial charge on any atom is 0.117 e. The maximum absolute atomic E-state index is 8.91. The van der Waals surface area contributed by atoms with Crippen molar-refractivity contribution < 1.29 is 5.11 Å². The fourth-order valence-corrected chi connectivity index (χ4v) is 0.271. The summed E-state index contributed by atoms with van der Waals surface area (Å²) in [5.74, 6) is 5.15. The first-order chi connectivity index (χ1) is 3.68. The van der Waals surface area contributed by atoms with Crippen molar-refractivity contribution in [2.75, 3.05) is 0 Å². The average Bonchev–Trinajstić information content (AvgIpc) is 1.67. The highest BCUT2D eigenvalue weighted by Crippen LogP contribution is 1.97. The molecule has 1 radical (unpaired) electrons. The molecule has 0 saturated carbocycles. The van der Waals surface area contributed by atoms with Gasteiger partial charge in [-0.05, 0) is 5.92 Å². The topological polar surface area (TPSA) is 20.2 Å². The highest BCUT2D eigenvalue weighted by molar-refractivity contribution is 5.07. The minimum absolute atomic E-state index is 0.212. The van der Waals surface area contributed by atoms with Gasteiger partial charge in [0.25, 0.3) is 0 Å². The summed E-state index contributed by atoms with van der Waals surface area (Å²) < 4.78 is 0. The summed E-state index contributed by atoms with van der Waals surface area (Å²) in [6.45, 7) is 7.11. The molecular formula is C7H11O. The Morgan fingerprint density at radius 3 is 2.12 bits per heavy atom. The van der Waals surface area contributed by atoms with Gasteiger partial charge >= 0.3 is 0 Å². The molecule has 0 aromatic rings. The highest BCUT2D eigenvalue weighted by Gasteiger charge is 2.02. The molecule has 0 spiro atoms. The zero-order valence-electron chi connectivity index (χ0n) is 5.31. The summed E-state index contributed by atoms with van der Waals surface area (Å²) in [5.41, 5.74) is 0. The minimum atomic E-state index is -0.507. The average molecular weight is 111 g/mol. The van der Waals surface area contributed by atoms with Gasteiger partial charge in [-0.1, -0.05) is 25.7 Å². The molecule has 1 unspecified atom stereocenters. The van der Waals surface area contributed by atoms with Crippen LogP contribution in [0.25, 0.3) is 0 Å². The Morgan fingerprint density at radius 2 is 2.00 bits per heavy atom. The van der Waals surface area contributed by atoms with Crippen LogP contribution in [0.1, 0.15) is 13.8 Å². The summed E-state index contributed by atoms with van der Waals surface area (Å²) in [6.07, 6.45) is -0.507. The van der Waals surface area contributed by atoms with Gasteiger partial charge in [-0.25, -0.2) is 0 Å². The SMILES string of the molecule is [CH2]C#CC(O)C(C)C. The second kappa shape index (κ2) is 3.51. The Bertz CT molecular complexity index is 105. The standard InChI is InChI=1S/C7H11O/c1-4-5-7(8)6(2)3/h6-8H,1H2,2-3H3. The van der Waals surface area contributed by atoms with Crippen molar-refractivity contribution >= 4 is 0 Å². The van der Waals surface area contributed by atoms with Gasteiger partial charge < -0.3 is 5.11 Å². The predicted octanol–water partition coefficient (Wildman–Crippen LogP) is 0.841. The molecule has 0 aliphatic rings. The van der Waals surface area contributed by atoms with Crippen molar-refractivity contribution in [3.63, 3.8) is 0 Å². The van der Waals surface area contributed by atoms with E-state index in [1.807, 2.05) is 13.8 Å². The van der Waals surface area contributed by atoms with E-state index in [1.165, 1.54) is 0 Å². The van der Waals surface area contributed by atoms with Crippen molar-refractivity contribution in [3.8, 4) is 11.8 Å². The summed E-state index contributed by atoms with van der Waals surface area (Å²) in [5, 5.41) is 8.91. The minimum Gasteiger partial charge on any atom is -0.380 e. The quantitative estimate of drug-likeness (QED) is 0.497. The van der Waals surface area contributed by atoms with Gasteiger partial charge in [0.2, 0.25) is 0 Å². The molecule has 1 N–H and O–H groups in total. The van der Waals surface area contributed by atoms with E-state index < -0.39 is 6.10 Å². The lowest BCUT2D eigenvalue weighted by Crippen LogP contribution is -2.10. The van der Waals surface area contributed by atoms with Gasteiger partial charge in [-0.15, -0.1) is 0 Å². The molecule has 0 aromatic carbocycles. The molecule has 1 heteroatoms. The van der Waals surface area contributed by atoms with Crippen LogP contribution < -0.4 is 0 Å². The lowest BCUT2D eigenvalue weighted by atomic mass is 10.1. The van der Waals surface area contributed by atoms with Crippen LogP contribution >= 0.6 is 0 Å². The number of hydrogen-bond donors (Lipinski definition) is 1. The fraction of sp³-hybridized carbons (Fsp3) is 0.571. The zero-order valence-corrected chi connectivity index (χ0v) is 5.31. The second-order valence-corrected chi connectivity index (χ2v) is 2.01. The Hall–Kier alpha value is -0.480. The third kappa shape index (κ3) is 2.65. The normalized spacial score (nSPS) is 12.6. The number of aliphatic hydroxyl groups is 1. The van der Waals surface area contributed by atoms with E-state index in [9.17, 15) is 0 Å². The van der Waals surface area contributed by atoms with Crippen LogP contribution in [0.4, 0.5) is 0 Å². The monoisotopic (exact) mass is 111 g/mol. The Balaban J connectivity index is 3.58. The molecule has 1 atom stereocenters. The number of aliphatic hydroxyl groups excluding tert-OH is 1. The van der Waals surface area contributed by atoms with Crippen molar-refractivity contribution in [3.05, 3.63) is 6.92 Å². The molecule has 1 nitrogen and oxygen atoms in total. The zero-order chi connectivity index (χ0) is 6.57. The molecule has 0 aliphatic heterocycles. The van der Waals surface area contributed by atoms with Crippen LogP contribution in [0.2, 0.25) is 0 Å². The Labute approximate surface area is 50.7 Å². The van der Waals surface area contributed by atoms with E-state index in [2.05, 4.69) is 18.8 Å². The van der Waals surface area contributed by atoms with Gasteiger partial charge in [-0.2, -0.15) is 0 Å². The number of rotatable bonds is 1. The van der Waals surface area contributed by atoms with Crippen molar-refractivity contribution in [2.45, 2.75) is 20.0 Å². The van der Waals surface area contributed by atoms with E-state index in [0.717, 1.165) is 0 Å². The highest BCUT2D eigenvalue weighted by atomic mass is 16.3. The van der Waals surface area contributed by atoms with Crippen LogP contribution in [0.15, 0.2) is 0 Å². The maximum atomic E-state index is 8.91. The van der Waals surface area contributed by atoms with Gasteiger partial charge in [0.15, 0.2) is 0 Å². The lowest BCUT2D eigenvalue weighted by molar-refractivity contribution is 0.181. The first-order valence-corrected chi connectivity index (χ1v) is 2.64. The largest absolute Gasteiger partial charge is 0.380 e. The van der Waals surface area contributed by atoms with Gasteiger partial charge in [0.1, 0.15) is 6.10 Å². The molecule has 0 saturated heterocycles. The van der Waals surface area contributed by atoms with E-state index >= 15 is 0 Å². The molecule has 0 bridgehead atoms. The van der Waals surface area contributed by atoms with Crippen molar-refractivity contribution in [2.24, 2.45) is 5.92 Å². The molecule has 0 fully saturated rings. The van der Waals surface area contributed by atoms with Crippen LogP contribution in [0.5, 0.6) is 0 Å². The van der Waals surface area contributed by atoms with Crippen LogP contribution in [0.3, 0.4) is 0 Å². The summed E-state index contributed by atoms with van der Waals surface area (Å²) in [4.78, 5) is 0. The van der Waals surface area contributed by atoms with Crippen LogP contribution in [-0.4, -0.2) is 11.2 Å². The van der Waals surface area contributed by atoms with Crippen LogP contribution in [0, 0.1) is 24.7 Å². The molecule has 0 amide bonds. The third-order valence-electron chi connectivity index (χ3n) is 0.881. The van der Waals surface area contributed by atoms with Crippen molar-refractivity contribution in [1.29, 1.82) is 0 Å². The molecule has 0 aliphatic carbocycles. The number of hydrogen-bond acceptors (Lipinski definition) is 1. The van der Waals surface area contributed by atoms with Gasteiger partial charge in [0, 0.05) is 6.92 Å². The molecule has 8 heavy (non-hydrogen) atoms. The van der Waals surface area contributed by atoms with Gasteiger partial charge in [-0.3, -0.25) is 0 Å². The first kappa shape index (κ1) is 7.52. The van der Waals surface area contributed by atoms with Crippen molar-refractivity contribution in [1.82, 2.24) is 0 Å². The molecule has 45 valence electrons. The Kier molecular flexibility index (Phi) is 3.30. The summed E-state index contributed by atoms with van der Waals surface area (Å²) in [7, 11) is 0. The van der Waals surface area contributed by atoms with Gasteiger partial charge in [0.05, 0.1) is 0 Å². The van der Waals surface area contributed by atoms with E-state index in [-0.39, 0.29) is 5.92 Å². The molecule has 0 aromatic heterocycles. The smallest absolute Gasteiger partial charge is 0.117 e. The Morgan fingerprint density at radius 1 is 1.50 bits per heavy atom. The lowest BCUT2D eigenvalue weighted by Gasteiger charge is -2.04. The summed E-state index contributed by atoms with van der Waals surface area (Å²) >= 11 is 0. The molecule has 0 heterocycles. The van der Waals surface area contributed by atoms with Crippen LogP contribution in [-0.2, 0) is 0 Å². The van der Waals surface area contributed by atoms with E-state index in [0.29, 0.717) is 0 Å². The fourth-order valence-electron chi connectivity index (χ4n) is 0.271. The third-order valence-corrected chi connectivity index (χ3v) is 0.881. The van der Waals surface area contributed by atoms with E-state index in [4.69, 9.17) is 5.11 Å². The summed E-state index contributed by atoms with van der Waals surface area (Å²) in [6, 6.07) is 0. The molecule has 0 rings (SSSR count). The molecular weight excluding hydrogens is 100 g/mol. The predicted molar refractivity (Wildman–Crippen MR) is 34.0 cm³/mol.